The Balaban J connectivity index is 2.09. The van der Waals surface area contributed by atoms with E-state index in [0.717, 1.165) is 6.42 Å². The SMILES string of the molecule is CC(C)(C)CC(N)Cc1nc(-c2ccc(O)c(F)c2)no1. The largest absolute Gasteiger partial charge is 0.505 e. The molecule has 0 radical (unpaired) electrons. The van der Waals surface area contributed by atoms with Gasteiger partial charge in [0.15, 0.2) is 11.6 Å². The van der Waals surface area contributed by atoms with Crippen LogP contribution in [0.1, 0.15) is 33.1 Å². The summed E-state index contributed by atoms with van der Waals surface area (Å²) in [5.74, 6) is -0.417. The maximum atomic E-state index is 13.3. The molecular weight excluding hydrogens is 273 g/mol. The minimum Gasteiger partial charge on any atom is -0.505 e. The summed E-state index contributed by atoms with van der Waals surface area (Å²) in [4.78, 5) is 4.22. The van der Waals surface area contributed by atoms with E-state index in [-0.39, 0.29) is 17.3 Å². The van der Waals surface area contributed by atoms with Gasteiger partial charge in [0.05, 0.1) is 0 Å². The van der Waals surface area contributed by atoms with Gasteiger partial charge in [0, 0.05) is 18.0 Å². The zero-order chi connectivity index (χ0) is 15.6. The number of phenols is 1. The van der Waals surface area contributed by atoms with E-state index < -0.39 is 11.6 Å². The predicted octanol–water partition coefficient (Wildman–Crippen LogP) is 2.89. The van der Waals surface area contributed by atoms with Crippen molar-refractivity contribution >= 4 is 0 Å². The second-order valence-electron chi connectivity index (χ2n) is 6.41. The van der Waals surface area contributed by atoms with Crippen LogP contribution < -0.4 is 5.73 Å². The van der Waals surface area contributed by atoms with Gasteiger partial charge in [0.2, 0.25) is 11.7 Å². The van der Waals surface area contributed by atoms with E-state index in [0.29, 0.717) is 17.9 Å². The van der Waals surface area contributed by atoms with Crippen molar-refractivity contribution in [1.82, 2.24) is 10.1 Å². The van der Waals surface area contributed by atoms with Gasteiger partial charge in [-0.25, -0.2) is 4.39 Å². The van der Waals surface area contributed by atoms with Crippen molar-refractivity contribution in [1.29, 1.82) is 0 Å². The molecule has 0 fully saturated rings. The first-order chi connectivity index (χ1) is 9.74. The predicted molar refractivity (Wildman–Crippen MR) is 77.1 cm³/mol. The Morgan fingerprint density at radius 3 is 2.71 bits per heavy atom. The molecule has 0 aliphatic heterocycles. The number of aromatic hydroxyl groups is 1. The standard InChI is InChI=1S/C15H20FN3O2/c1-15(2,3)8-10(17)7-13-18-14(19-21-13)9-4-5-12(20)11(16)6-9/h4-6,10,20H,7-8,17H2,1-3H3. The molecule has 0 bridgehead atoms. The third-order valence-electron chi connectivity index (χ3n) is 2.99. The van der Waals surface area contributed by atoms with Crippen LogP contribution in [0.2, 0.25) is 0 Å². The van der Waals surface area contributed by atoms with E-state index in [4.69, 9.17) is 15.4 Å². The van der Waals surface area contributed by atoms with Crippen molar-refractivity contribution in [2.24, 2.45) is 11.1 Å². The number of nitrogens with two attached hydrogens (primary N) is 1. The van der Waals surface area contributed by atoms with Gasteiger partial charge in [0.1, 0.15) is 0 Å². The number of rotatable bonds is 4. The first kappa shape index (κ1) is 15.4. The molecule has 114 valence electrons. The van der Waals surface area contributed by atoms with Gasteiger partial charge in [0.25, 0.3) is 0 Å². The molecule has 0 aliphatic rings. The second kappa shape index (κ2) is 5.81. The summed E-state index contributed by atoms with van der Waals surface area (Å²) in [6, 6.07) is 3.88. The van der Waals surface area contributed by atoms with E-state index in [9.17, 15) is 4.39 Å². The molecule has 6 heteroatoms. The number of phenolic OH excluding ortho intramolecular Hbond substituents is 1. The third-order valence-corrected chi connectivity index (χ3v) is 2.99. The molecule has 1 atom stereocenters. The molecule has 5 nitrogen and oxygen atoms in total. The van der Waals surface area contributed by atoms with Gasteiger partial charge in [-0.1, -0.05) is 25.9 Å². The summed E-state index contributed by atoms with van der Waals surface area (Å²) in [7, 11) is 0. The fourth-order valence-electron chi connectivity index (χ4n) is 2.18. The Morgan fingerprint density at radius 1 is 1.38 bits per heavy atom. The molecule has 1 aromatic heterocycles. The number of hydrogen-bond acceptors (Lipinski definition) is 5. The Labute approximate surface area is 123 Å². The van der Waals surface area contributed by atoms with E-state index in [1.165, 1.54) is 18.2 Å². The summed E-state index contributed by atoms with van der Waals surface area (Å²) in [6.45, 7) is 6.35. The quantitative estimate of drug-likeness (QED) is 0.905. The number of aromatic nitrogens is 2. The average Bonchev–Trinajstić information content (AvgIpc) is 2.78. The Hall–Kier alpha value is -1.95. The van der Waals surface area contributed by atoms with Crippen LogP contribution in [0, 0.1) is 11.2 Å². The van der Waals surface area contributed by atoms with Crippen molar-refractivity contribution in [2.45, 2.75) is 39.7 Å². The van der Waals surface area contributed by atoms with Gasteiger partial charge in [-0.05, 0) is 30.0 Å². The second-order valence-corrected chi connectivity index (χ2v) is 6.41. The topological polar surface area (TPSA) is 85.2 Å². The zero-order valence-corrected chi connectivity index (χ0v) is 12.4. The lowest BCUT2D eigenvalue weighted by molar-refractivity contribution is 0.313. The van der Waals surface area contributed by atoms with Gasteiger partial charge < -0.3 is 15.4 Å². The fourth-order valence-corrected chi connectivity index (χ4v) is 2.18. The highest BCUT2D eigenvalue weighted by atomic mass is 19.1. The van der Waals surface area contributed by atoms with Crippen LogP contribution in [0.5, 0.6) is 5.75 Å². The molecule has 0 aliphatic carbocycles. The normalized spacial score (nSPS) is 13.4. The minimum absolute atomic E-state index is 0.0742. The summed E-state index contributed by atoms with van der Waals surface area (Å²) in [6.07, 6.45) is 1.31. The Kier molecular flexibility index (Phi) is 4.27. The van der Waals surface area contributed by atoms with Crippen LogP contribution in [-0.4, -0.2) is 21.3 Å². The first-order valence-corrected chi connectivity index (χ1v) is 6.82. The molecule has 0 saturated carbocycles. The highest BCUT2D eigenvalue weighted by molar-refractivity contribution is 5.55. The van der Waals surface area contributed by atoms with Crippen LogP contribution in [-0.2, 0) is 6.42 Å². The van der Waals surface area contributed by atoms with Crippen LogP contribution in [0.3, 0.4) is 0 Å². The Bertz CT molecular complexity index is 620. The van der Waals surface area contributed by atoms with Crippen LogP contribution >= 0.6 is 0 Å². The van der Waals surface area contributed by atoms with Gasteiger partial charge in [-0.3, -0.25) is 0 Å². The first-order valence-electron chi connectivity index (χ1n) is 6.82. The molecule has 1 aromatic carbocycles. The fraction of sp³-hybridized carbons (Fsp3) is 0.467. The van der Waals surface area contributed by atoms with E-state index >= 15 is 0 Å². The van der Waals surface area contributed by atoms with E-state index in [1.54, 1.807) is 0 Å². The maximum absolute atomic E-state index is 13.3. The highest BCUT2D eigenvalue weighted by Gasteiger charge is 2.19. The van der Waals surface area contributed by atoms with Crippen LogP contribution in [0.15, 0.2) is 22.7 Å². The number of nitrogens with zero attached hydrogens (tertiary/aromatic N) is 2. The molecule has 3 N–H and O–H groups in total. The molecule has 0 saturated heterocycles. The molecule has 21 heavy (non-hydrogen) atoms. The van der Waals surface area contributed by atoms with Crippen molar-refractivity contribution < 1.29 is 14.0 Å². The molecular formula is C15H20FN3O2. The molecule has 1 unspecified atom stereocenters. The minimum atomic E-state index is -0.719. The number of hydrogen-bond donors (Lipinski definition) is 2. The lowest BCUT2D eigenvalue weighted by Crippen LogP contribution is -2.28. The van der Waals surface area contributed by atoms with Gasteiger partial charge in [-0.15, -0.1) is 0 Å². The Morgan fingerprint density at radius 2 is 2.10 bits per heavy atom. The lowest BCUT2D eigenvalue weighted by atomic mass is 9.87. The van der Waals surface area contributed by atoms with Crippen LogP contribution in [0.4, 0.5) is 4.39 Å². The monoisotopic (exact) mass is 293 g/mol. The van der Waals surface area contributed by atoms with Crippen molar-refractivity contribution in [3.05, 3.63) is 29.9 Å². The average molecular weight is 293 g/mol. The molecule has 2 aromatic rings. The maximum Gasteiger partial charge on any atom is 0.228 e. The van der Waals surface area contributed by atoms with Gasteiger partial charge in [-0.2, -0.15) is 4.98 Å². The van der Waals surface area contributed by atoms with Crippen molar-refractivity contribution in [3.63, 3.8) is 0 Å². The summed E-state index contributed by atoms with van der Waals surface area (Å²) in [5.41, 5.74) is 6.64. The summed E-state index contributed by atoms with van der Waals surface area (Å²) >= 11 is 0. The third kappa shape index (κ3) is 4.26. The summed E-state index contributed by atoms with van der Waals surface area (Å²) in [5, 5.41) is 13.0. The van der Waals surface area contributed by atoms with Crippen molar-refractivity contribution in [2.75, 3.05) is 0 Å². The number of halogens is 1. The molecule has 0 amide bonds. The van der Waals surface area contributed by atoms with Crippen molar-refractivity contribution in [3.8, 4) is 17.1 Å². The van der Waals surface area contributed by atoms with Gasteiger partial charge >= 0.3 is 0 Å². The smallest absolute Gasteiger partial charge is 0.228 e. The number of benzene rings is 1. The molecule has 0 spiro atoms. The zero-order valence-electron chi connectivity index (χ0n) is 12.4. The molecule has 2 rings (SSSR count). The van der Waals surface area contributed by atoms with E-state index in [2.05, 4.69) is 30.9 Å². The lowest BCUT2D eigenvalue weighted by Gasteiger charge is -2.21. The van der Waals surface area contributed by atoms with Crippen LogP contribution in [0.25, 0.3) is 11.4 Å². The highest BCUT2D eigenvalue weighted by Crippen LogP contribution is 2.24. The van der Waals surface area contributed by atoms with E-state index in [1.807, 2.05) is 0 Å². The summed E-state index contributed by atoms with van der Waals surface area (Å²) < 4.78 is 18.5. The molecule has 1 heterocycles.